The van der Waals surface area contributed by atoms with E-state index in [1.54, 1.807) is 12.1 Å². The van der Waals surface area contributed by atoms with E-state index < -0.39 is 0 Å². The van der Waals surface area contributed by atoms with Crippen LogP contribution in [0.1, 0.15) is 37.7 Å². The molecule has 3 heteroatoms. The molecule has 1 unspecified atom stereocenters. The molecule has 0 heterocycles. The first kappa shape index (κ1) is 13.7. The molecule has 4 saturated carbocycles. The van der Waals surface area contributed by atoms with Gasteiger partial charge in [-0.05, 0) is 85.8 Å². The Kier molecular flexibility index (Phi) is 3.50. The third-order valence-electron chi connectivity index (χ3n) is 6.32. The fourth-order valence-electron chi connectivity index (χ4n) is 5.85. The number of hydrogen-bond acceptors (Lipinski definition) is 2. The van der Waals surface area contributed by atoms with Crippen molar-refractivity contribution in [2.45, 2.75) is 44.6 Å². The van der Waals surface area contributed by atoms with Gasteiger partial charge in [0, 0.05) is 6.04 Å². The smallest absolute Gasteiger partial charge is 0.123 e. The largest absolute Gasteiger partial charge is 0.271 e. The number of rotatable bonds is 4. The Labute approximate surface area is 126 Å². The molecule has 0 radical (unpaired) electrons. The summed E-state index contributed by atoms with van der Waals surface area (Å²) in [6.45, 7) is 0. The zero-order valence-electron chi connectivity index (χ0n) is 12.5. The lowest BCUT2D eigenvalue weighted by Crippen LogP contribution is -2.55. The van der Waals surface area contributed by atoms with Crippen LogP contribution in [0.15, 0.2) is 24.3 Å². The Morgan fingerprint density at radius 1 is 1.10 bits per heavy atom. The van der Waals surface area contributed by atoms with Crippen LogP contribution in [0.3, 0.4) is 0 Å². The maximum Gasteiger partial charge on any atom is 0.123 e. The second kappa shape index (κ2) is 5.36. The Morgan fingerprint density at radius 3 is 2.33 bits per heavy atom. The molecule has 4 fully saturated rings. The molecule has 2 nitrogen and oxygen atoms in total. The van der Waals surface area contributed by atoms with Crippen molar-refractivity contribution in [3.05, 3.63) is 35.6 Å². The number of benzene rings is 1. The lowest BCUT2D eigenvalue weighted by atomic mass is 9.50. The van der Waals surface area contributed by atoms with Gasteiger partial charge in [0.1, 0.15) is 5.82 Å². The summed E-state index contributed by atoms with van der Waals surface area (Å²) < 4.78 is 13.4. The molecular weight excluding hydrogens is 263 g/mol. The fraction of sp³-hybridized carbons (Fsp3) is 0.667. The first-order valence-corrected chi connectivity index (χ1v) is 8.43. The first-order valence-electron chi connectivity index (χ1n) is 8.43. The van der Waals surface area contributed by atoms with E-state index in [-0.39, 0.29) is 5.82 Å². The summed E-state index contributed by atoms with van der Waals surface area (Å²) in [5.74, 6) is 10.1. The highest BCUT2D eigenvalue weighted by molar-refractivity contribution is 5.18. The van der Waals surface area contributed by atoms with Crippen molar-refractivity contribution < 1.29 is 4.39 Å². The summed E-state index contributed by atoms with van der Waals surface area (Å²) in [6, 6.07) is 7.28. The molecular formula is C18H25FN2. The molecule has 4 aliphatic carbocycles. The van der Waals surface area contributed by atoms with Gasteiger partial charge in [-0.2, -0.15) is 0 Å². The normalized spacial score (nSPS) is 38.7. The maximum absolute atomic E-state index is 13.4. The van der Waals surface area contributed by atoms with Gasteiger partial charge in [-0.15, -0.1) is 0 Å². The molecule has 0 spiro atoms. The molecule has 1 atom stereocenters. The zero-order valence-corrected chi connectivity index (χ0v) is 12.5. The van der Waals surface area contributed by atoms with Gasteiger partial charge in [0.15, 0.2) is 0 Å². The molecule has 5 rings (SSSR count). The minimum atomic E-state index is -0.145. The third-order valence-corrected chi connectivity index (χ3v) is 6.32. The monoisotopic (exact) mass is 288 g/mol. The third kappa shape index (κ3) is 2.51. The van der Waals surface area contributed by atoms with Gasteiger partial charge < -0.3 is 0 Å². The number of halogens is 1. The van der Waals surface area contributed by atoms with Crippen molar-refractivity contribution in [1.82, 2.24) is 5.43 Å². The summed E-state index contributed by atoms with van der Waals surface area (Å²) in [5, 5.41) is 0. The summed E-state index contributed by atoms with van der Waals surface area (Å²) in [6.07, 6.45) is 7.93. The highest BCUT2D eigenvalue weighted by Crippen LogP contribution is 2.57. The Balaban J connectivity index is 1.53. The van der Waals surface area contributed by atoms with Crippen LogP contribution < -0.4 is 11.3 Å². The predicted octanol–water partition coefficient (Wildman–Crippen LogP) is 3.27. The van der Waals surface area contributed by atoms with Crippen molar-refractivity contribution in [1.29, 1.82) is 0 Å². The van der Waals surface area contributed by atoms with Crippen molar-refractivity contribution in [3.8, 4) is 0 Å². The van der Waals surface area contributed by atoms with Gasteiger partial charge in [0.2, 0.25) is 0 Å². The van der Waals surface area contributed by atoms with E-state index in [4.69, 9.17) is 5.84 Å². The molecule has 0 saturated heterocycles. The molecule has 4 aliphatic rings. The summed E-state index contributed by atoms with van der Waals surface area (Å²) in [7, 11) is 0. The minimum Gasteiger partial charge on any atom is -0.271 e. The standard InChI is InChI=1S/C18H25FN2/c19-16-3-1-2-11(9-16)10-17(21-20)18-14-5-12-4-13(7-14)8-15(18)6-12/h1-3,9,12-15,17-18,21H,4-8,10,20H2. The average molecular weight is 288 g/mol. The Bertz CT molecular complexity index is 488. The fourth-order valence-corrected chi connectivity index (χ4v) is 5.85. The molecule has 3 N–H and O–H groups in total. The number of hydrogen-bond donors (Lipinski definition) is 2. The number of nitrogens with two attached hydrogens (primary N) is 1. The van der Waals surface area contributed by atoms with Crippen molar-refractivity contribution >= 4 is 0 Å². The van der Waals surface area contributed by atoms with Gasteiger partial charge >= 0.3 is 0 Å². The molecule has 21 heavy (non-hydrogen) atoms. The van der Waals surface area contributed by atoms with Crippen LogP contribution in [0.4, 0.5) is 4.39 Å². The predicted molar refractivity (Wildman–Crippen MR) is 81.8 cm³/mol. The van der Waals surface area contributed by atoms with Gasteiger partial charge in [0.05, 0.1) is 0 Å². The van der Waals surface area contributed by atoms with Crippen LogP contribution in [-0.2, 0) is 6.42 Å². The van der Waals surface area contributed by atoms with Crippen LogP contribution in [0, 0.1) is 35.4 Å². The van der Waals surface area contributed by atoms with E-state index in [0.29, 0.717) is 12.0 Å². The lowest BCUT2D eigenvalue weighted by Gasteiger charge is -2.56. The van der Waals surface area contributed by atoms with Gasteiger partial charge in [-0.25, -0.2) is 4.39 Å². The molecule has 4 bridgehead atoms. The van der Waals surface area contributed by atoms with E-state index in [9.17, 15) is 4.39 Å². The highest BCUT2D eigenvalue weighted by atomic mass is 19.1. The van der Waals surface area contributed by atoms with Crippen LogP contribution in [-0.4, -0.2) is 6.04 Å². The van der Waals surface area contributed by atoms with Crippen LogP contribution in [0.5, 0.6) is 0 Å². The van der Waals surface area contributed by atoms with E-state index in [1.165, 1.54) is 38.2 Å². The van der Waals surface area contributed by atoms with E-state index in [2.05, 4.69) is 5.43 Å². The second-order valence-electron chi connectivity index (χ2n) is 7.62. The molecule has 0 amide bonds. The summed E-state index contributed by atoms with van der Waals surface area (Å²) in [4.78, 5) is 0. The first-order chi connectivity index (χ1) is 10.2. The SMILES string of the molecule is NNC(Cc1cccc(F)c1)C1C2CC3CC(C2)CC1C3. The lowest BCUT2D eigenvalue weighted by molar-refractivity contribution is -0.0517. The maximum atomic E-state index is 13.4. The molecule has 114 valence electrons. The van der Waals surface area contributed by atoms with Crippen molar-refractivity contribution in [3.63, 3.8) is 0 Å². The Hall–Kier alpha value is -0.930. The zero-order chi connectivity index (χ0) is 14.4. The second-order valence-corrected chi connectivity index (χ2v) is 7.62. The summed E-state index contributed by atoms with van der Waals surface area (Å²) >= 11 is 0. The van der Waals surface area contributed by atoms with Crippen LogP contribution in [0.2, 0.25) is 0 Å². The van der Waals surface area contributed by atoms with Gasteiger partial charge in [-0.3, -0.25) is 11.3 Å². The number of nitrogens with one attached hydrogen (secondary N) is 1. The molecule has 1 aromatic carbocycles. The van der Waals surface area contributed by atoms with Crippen molar-refractivity contribution in [2.75, 3.05) is 0 Å². The van der Waals surface area contributed by atoms with Crippen LogP contribution in [0.25, 0.3) is 0 Å². The molecule has 1 aromatic rings. The van der Waals surface area contributed by atoms with Gasteiger partial charge in [-0.1, -0.05) is 12.1 Å². The summed E-state index contributed by atoms with van der Waals surface area (Å²) in [5.41, 5.74) is 4.14. The number of hydrazine groups is 1. The Morgan fingerprint density at radius 2 is 1.76 bits per heavy atom. The minimum absolute atomic E-state index is 0.145. The highest BCUT2D eigenvalue weighted by Gasteiger charge is 2.50. The average Bonchev–Trinajstić information content (AvgIpc) is 2.45. The quantitative estimate of drug-likeness (QED) is 0.659. The van der Waals surface area contributed by atoms with Gasteiger partial charge in [0.25, 0.3) is 0 Å². The molecule has 0 aliphatic heterocycles. The topological polar surface area (TPSA) is 38.0 Å². The van der Waals surface area contributed by atoms with E-state index in [0.717, 1.165) is 35.7 Å². The van der Waals surface area contributed by atoms with E-state index >= 15 is 0 Å². The van der Waals surface area contributed by atoms with Crippen LogP contribution >= 0.6 is 0 Å². The molecule has 0 aromatic heterocycles. The van der Waals surface area contributed by atoms with Crippen molar-refractivity contribution in [2.24, 2.45) is 35.4 Å². The van der Waals surface area contributed by atoms with E-state index in [1.807, 2.05) is 6.07 Å².